The van der Waals surface area contributed by atoms with Gasteiger partial charge in [-0.05, 0) is 35.6 Å². The lowest BCUT2D eigenvalue weighted by atomic mass is 9.97. The number of nitrogens with one attached hydrogen (secondary N) is 1. The van der Waals surface area contributed by atoms with Crippen molar-refractivity contribution in [2.45, 2.75) is 39.0 Å². The van der Waals surface area contributed by atoms with E-state index in [0.717, 1.165) is 23.3 Å². The van der Waals surface area contributed by atoms with Gasteiger partial charge in [0.15, 0.2) is 0 Å². The van der Waals surface area contributed by atoms with Gasteiger partial charge >= 0.3 is 0 Å². The molecule has 0 aliphatic carbocycles. The first-order valence-electron chi connectivity index (χ1n) is 7.67. The molecule has 0 unspecified atom stereocenters. The van der Waals surface area contributed by atoms with Gasteiger partial charge in [0.25, 0.3) is 0 Å². The van der Waals surface area contributed by atoms with Crippen LogP contribution in [0.25, 0.3) is 11.0 Å². The number of hydrogen-bond acceptors (Lipinski definition) is 1. The van der Waals surface area contributed by atoms with Gasteiger partial charge in [0.2, 0.25) is 0 Å². The molecule has 2 aromatic carbocycles. The maximum absolute atomic E-state index is 4.70. The summed E-state index contributed by atoms with van der Waals surface area (Å²) in [7, 11) is 0. The Hall–Kier alpha value is -2.09. The van der Waals surface area contributed by atoms with Crippen LogP contribution in [0.5, 0.6) is 0 Å². The van der Waals surface area contributed by atoms with E-state index in [1.165, 1.54) is 11.1 Å². The first-order chi connectivity index (χ1) is 10.1. The fourth-order valence-corrected chi connectivity index (χ4v) is 2.69. The molecule has 1 heterocycles. The fourth-order valence-electron chi connectivity index (χ4n) is 2.69. The van der Waals surface area contributed by atoms with E-state index in [2.05, 4.69) is 62.2 Å². The molecule has 2 nitrogen and oxygen atoms in total. The molecule has 0 saturated heterocycles. The number of H-pyrrole nitrogens is 1. The average molecular weight is 278 g/mol. The van der Waals surface area contributed by atoms with E-state index < -0.39 is 0 Å². The van der Waals surface area contributed by atoms with Gasteiger partial charge in [-0.1, -0.05) is 57.2 Å². The van der Waals surface area contributed by atoms with Crippen LogP contribution in [-0.4, -0.2) is 9.97 Å². The molecule has 0 radical (unpaired) electrons. The molecule has 0 fully saturated rings. The van der Waals surface area contributed by atoms with E-state index in [-0.39, 0.29) is 0 Å². The Bertz CT molecular complexity index is 690. The zero-order chi connectivity index (χ0) is 14.8. The minimum absolute atomic E-state index is 0.391. The predicted molar refractivity (Wildman–Crippen MR) is 88.7 cm³/mol. The summed E-state index contributed by atoms with van der Waals surface area (Å²) in [6.07, 6.45) is 1.01. The van der Waals surface area contributed by atoms with Crippen molar-refractivity contribution in [3.63, 3.8) is 0 Å². The van der Waals surface area contributed by atoms with E-state index in [1.807, 2.05) is 12.1 Å². The lowest BCUT2D eigenvalue weighted by Crippen LogP contribution is -2.01. The van der Waals surface area contributed by atoms with Crippen molar-refractivity contribution >= 4 is 11.0 Å². The van der Waals surface area contributed by atoms with Crippen molar-refractivity contribution in [2.75, 3.05) is 0 Å². The third-order valence-electron chi connectivity index (χ3n) is 4.06. The predicted octanol–water partition coefficient (Wildman–Crippen LogP) is 5.03. The maximum atomic E-state index is 4.70. The van der Waals surface area contributed by atoms with E-state index in [4.69, 9.17) is 4.98 Å². The Balaban J connectivity index is 1.77. The summed E-state index contributed by atoms with van der Waals surface area (Å²) >= 11 is 0. The molecule has 1 aromatic heterocycles. The monoisotopic (exact) mass is 278 g/mol. The summed E-state index contributed by atoms with van der Waals surface area (Å²) < 4.78 is 0. The van der Waals surface area contributed by atoms with Crippen molar-refractivity contribution in [1.82, 2.24) is 9.97 Å². The van der Waals surface area contributed by atoms with Gasteiger partial charge in [0.05, 0.1) is 11.0 Å². The van der Waals surface area contributed by atoms with Gasteiger partial charge in [-0.15, -0.1) is 0 Å². The highest BCUT2D eigenvalue weighted by Gasteiger charge is 2.11. The second-order valence-corrected chi connectivity index (χ2v) is 6.14. The van der Waals surface area contributed by atoms with Crippen LogP contribution in [0.1, 0.15) is 49.6 Å². The topological polar surface area (TPSA) is 28.7 Å². The second kappa shape index (κ2) is 5.72. The van der Waals surface area contributed by atoms with Crippen LogP contribution in [0.4, 0.5) is 0 Å². The molecule has 3 rings (SSSR count). The number of imidazole rings is 1. The first-order valence-corrected chi connectivity index (χ1v) is 7.67. The molecule has 1 N–H and O–H groups in total. The van der Waals surface area contributed by atoms with Crippen LogP contribution in [-0.2, 0) is 6.42 Å². The highest BCUT2D eigenvalue weighted by molar-refractivity contribution is 5.74. The van der Waals surface area contributed by atoms with Gasteiger partial charge in [0, 0.05) is 5.92 Å². The van der Waals surface area contributed by atoms with Gasteiger partial charge in [-0.2, -0.15) is 0 Å². The van der Waals surface area contributed by atoms with Crippen LogP contribution < -0.4 is 0 Å². The normalized spacial score (nSPS) is 13.0. The van der Waals surface area contributed by atoms with Crippen molar-refractivity contribution < 1.29 is 0 Å². The molecule has 0 bridgehead atoms. The Morgan fingerprint density at radius 3 is 2.33 bits per heavy atom. The Kier molecular flexibility index (Phi) is 3.78. The number of hydrogen-bond donors (Lipinski definition) is 1. The maximum Gasteiger partial charge on any atom is 0.110 e. The Morgan fingerprint density at radius 1 is 0.952 bits per heavy atom. The van der Waals surface area contributed by atoms with Crippen LogP contribution in [0, 0.1) is 0 Å². The highest BCUT2D eigenvalue weighted by Crippen LogP contribution is 2.22. The summed E-state index contributed by atoms with van der Waals surface area (Å²) in [6, 6.07) is 17.2. The summed E-state index contributed by atoms with van der Waals surface area (Å²) in [5.41, 5.74) is 4.94. The first kappa shape index (κ1) is 13.9. The molecule has 2 heteroatoms. The zero-order valence-electron chi connectivity index (χ0n) is 12.9. The lowest BCUT2D eigenvalue weighted by Gasteiger charge is -2.10. The number of aromatic nitrogens is 2. The minimum Gasteiger partial charge on any atom is -0.342 e. The third kappa shape index (κ3) is 2.99. The summed E-state index contributed by atoms with van der Waals surface area (Å²) in [5, 5.41) is 0. The van der Waals surface area contributed by atoms with Crippen LogP contribution >= 0.6 is 0 Å². The van der Waals surface area contributed by atoms with Crippen LogP contribution in [0.15, 0.2) is 48.5 Å². The Labute approximate surface area is 126 Å². The molecular weight excluding hydrogens is 256 g/mol. The lowest BCUT2D eigenvalue weighted by molar-refractivity contribution is 0.712. The minimum atomic E-state index is 0.391. The number of fused-ring (bicyclic) bond motifs is 1. The number of nitrogens with zero attached hydrogens (tertiary/aromatic N) is 1. The smallest absolute Gasteiger partial charge is 0.110 e. The van der Waals surface area contributed by atoms with Crippen LogP contribution in [0.2, 0.25) is 0 Å². The zero-order valence-corrected chi connectivity index (χ0v) is 12.9. The SMILES string of the molecule is CC(C)c1ccc(C[C@@H](C)c2nc3ccccc3[nH]2)cc1. The molecule has 0 saturated carbocycles. The molecule has 0 spiro atoms. The van der Waals surface area contributed by atoms with Crippen molar-refractivity contribution in [3.05, 3.63) is 65.5 Å². The van der Waals surface area contributed by atoms with E-state index in [9.17, 15) is 0 Å². The standard InChI is InChI=1S/C19H22N2/c1-13(2)16-10-8-15(9-11-16)12-14(3)19-20-17-6-4-5-7-18(17)21-19/h4-11,13-14H,12H2,1-3H3,(H,20,21)/t14-/m1/s1. The number of para-hydroxylation sites is 2. The molecular formula is C19H22N2. The fraction of sp³-hybridized carbons (Fsp3) is 0.316. The molecule has 0 aliphatic heterocycles. The number of aromatic amines is 1. The largest absolute Gasteiger partial charge is 0.342 e. The second-order valence-electron chi connectivity index (χ2n) is 6.14. The number of rotatable bonds is 4. The average Bonchev–Trinajstić information content (AvgIpc) is 2.92. The molecule has 108 valence electrons. The van der Waals surface area contributed by atoms with E-state index in [0.29, 0.717) is 11.8 Å². The molecule has 3 aromatic rings. The molecule has 21 heavy (non-hydrogen) atoms. The van der Waals surface area contributed by atoms with Crippen LogP contribution in [0.3, 0.4) is 0 Å². The highest BCUT2D eigenvalue weighted by atomic mass is 14.9. The van der Waals surface area contributed by atoms with Gasteiger partial charge in [-0.25, -0.2) is 4.98 Å². The van der Waals surface area contributed by atoms with Gasteiger partial charge in [-0.3, -0.25) is 0 Å². The van der Waals surface area contributed by atoms with E-state index >= 15 is 0 Å². The van der Waals surface area contributed by atoms with Crippen molar-refractivity contribution in [1.29, 1.82) is 0 Å². The summed E-state index contributed by atoms with van der Waals surface area (Å²) in [4.78, 5) is 8.13. The molecule has 1 atom stereocenters. The molecule has 0 amide bonds. The van der Waals surface area contributed by atoms with Crippen molar-refractivity contribution in [3.8, 4) is 0 Å². The quantitative estimate of drug-likeness (QED) is 0.712. The number of benzene rings is 2. The van der Waals surface area contributed by atoms with Gasteiger partial charge in [0.1, 0.15) is 5.82 Å². The van der Waals surface area contributed by atoms with Crippen molar-refractivity contribution in [2.24, 2.45) is 0 Å². The summed E-state index contributed by atoms with van der Waals surface area (Å²) in [5.74, 6) is 2.05. The van der Waals surface area contributed by atoms with Gasteiger partial charge < -0.3 is 4.98 Å². The Morgan fingerprint density at radius 2 is 1.67 bits per heavy atom. The molecule has 0 aliphatic rings. The summed E-state index contributed by atoms with van der Waals surface area (Å²) in [6.45, 7) is 6.69. The third-order valence-corrected chi connectivity index (χ3v) is 4.06. The van der Waals surface area contributed by atoms with E-state index in [1.54, 1.807) is 0 Å².